The molecular formula is C16H10BrClN2O2. The zero-order valence-corrected chi connectivity index (χ0v) is 13.6. The summed E-state index contributed by atoms with van der Waals surface area (Å²) in [6.07, 6.45) is 1.48. The molecule has 2 aromatic carbocycles. The molecule has 0 N–H and O–H groups in total. The second-order valence-corrected chi connectivity index (χ2v) is 5.91. The number of carbonyl (C=O) groups is 1. The van der Waals surface area contributed by atoms with Crippen LogP contribution in [0.15, 0.2) is 63.0 Å². The molecule has 0 saturated heterocycles. The number of halogens is 2. The summed E-state index contributed by atoms with van der Waals surface area (Å²) in [5.74, 6) is -0.153. The van der Waals surface area contributed by atoms with Crippen LogP contribution in [0.2, 0.25) is 5.02 Å². The summed E-state index contributed by atoms with van der Waals surface area (Å²) in [7, 11) is 0. The molecular weight excluding hydrogens is 368 g/mol. The van der Waals surface area contributed by atoms with Crippen LogP contribution in [0, 0.1) is 0 Å². The molecule has 0 fully saturated rings. The summed E-state index contributed by atoms with van der Waals surface area (Å²) in [6, 6.07) is 13.6. The van der Waals surface area contributed by atoms with E-state index in [-0.39, 0.29) is 5.90 Å². The molecule has 1 atom stereocenters. The number of nitrogens with zero attached hydrogens (tertiary/aromatic N) is 2. The van der Waals surface area contributed by atoms with Gasteiger partial charge in [0, 0.05) is 21.3 Å². The molecule has 0 amide bonds. The van der Waals surface area contributed by atoms with Gasteiger partial charge in [0.15, 0.2) is 6.04 Å². The normalized spacial score (nSPS) is 17.6. The maximum absolute atomic E-state index is 11.8. The average Bonchev–Trinajstić information content (AvgIpc) is 2.88. The summed E-state index contributed by atoms with van der Waals surface area (Å²) in [5, 5.41) is 0.613. The predicted molar refractivity (Wildman–Crippen MR) is 90.2 cm³/mol. The minimum atomic E-state index is -0.727. The quantitative estimate of drug-likeness (QED) is 0.595. The molecule has 1 heterocycles. The summed E-state index contributed by atoms with van der Waals surface area (Å²) in [6.45, 7) is 0. The van der Waals surface area contributed by atoms with Gasteiger partial charge in [-0.25, -0.2) is 9.79 Å². The third kappa shape index (κ3) is 3.43. The lowest BCUT2D eigenvalue weighted by Gasteiger charge is -1.98. The highest BCUT2D eigenvalue weighted by molar-refractivity contribution is 9.10. The van der Waals surface area contributed by atoms with Crippen LogP contribution in [-0.4, -0.2) is 24.1 Å². The number of hydrogen-bond donors (Lipinski definition) is 0. The van der Waals surface area contributed by atoms with Crippen LogP contribution in [-0.2, 0) is 9.53 Å². The fourth-order valence-corrected chi connectivity index (χ4v) is 2.26. The molecule has 1 aliphatic rings. The fraction of sp³-hybridized carbons (Fsp3) is 0.0625. The number of benzene rings is 2. The first kappa shape index (κ1) is 14.9. The molecule has 3 rings (SSSR count). The molecule has 6 heteroatoms. The second kappa shape index (κ2) is 6.42. The molecule has 110 valence electrons. The Kier molecular flexibility index (Phi) is 4.36. The van der Waals surface area contributed by atoms with Crippen molar-refractivity contribution >= 4 is 51.3 Å². The first-order valence-corrected chi connectivity index (χ1v) is 7.64. The number of cyclic esters (lactones) is 1. The lowest BCUT2D eigenvalue weighted by Crippen LogP contribution is -2.16. The summed E-state index contributed by atoms with van der Waals surface area (Å²) >= 11 is 9.19. The van der Waals surface area contributed by atoms with E-state index in [1.54, 1.807) is 24.3 Å². The second-order valence-electron chi connectivity index (χ2n) is 4.56. The van der Waals surface area contributed by atoms with Gasteiger partial charge >= 0.3 is 5.97 Å². The molecule has 2 aromatic rings. The Balaban J connectivity index is 1.78. The molecule has 0 spiro atoms. The predicted octanol–water partition coefficient (Wildman–Crippen LogP) is 4.18. The number of hydrogen-bond acceptors (Lipinski definition) is 4. The van der Waals surface area contributed by atoms with E-state index in [0.29, 0.717) is 10.6 Å². The smallest absolute Gasteiger partial charge is 0.343 e. The molecule has 0 aromatic heterocycles. The van der Waals surface area contributed by atoms with Crippen LogP contribution in [0.5, 0.6) is 0 Å². The Morgan fingerprint density at radius 1 is 1.14 bits per heavy atom. The van der Waals surface area contributed by atoms with Gasteiger partial charge in [0.25, 0.3) is 0 Å². The minimum Gasteiger partial charge on any atom is -0.405 e. The van der Waals surface area contributed by atoms with Gasteiger partial charge in [0.05, 0.1) is 5.69 Å². The Morgan fingerprint density at radius 2 is 1.82 bits per heavy atom. The number of aliphatic imine (C=N–C) groups is 2. The fourth-order valence-electron chi connectivity index (χ4n) is 1.86. The minimum absolute atomic E-state index is 0.286. The van der Waals surface area contributed by atoms with E-state index >= 15 is 0 Å². The zero-order chi connectivity index (χ0) is 15.5. The van der Waals surface area contributed by atoms with E-state index in [1.807, 2.05) is 24.3 Å². The molecule has 0 bridgehead atoms. The first-order chi connectivity index (χ1) is 10.6. The Labute approximate surface area is 140 Å². The molecule has 0 radical (unpaired) electrons. The van der Waals surface area contributed by atoms with Gasteiger partial charge in [-0.15, -0.1) is 0 Å². The van der Waals surface area contributed by atoms with Crippen molar-refractivity contribution < 1.29 is 9.53 Å². The van der Waals surface area contributed by atoms with Crippen molar-refractivity contribution in [1.29, 1.82) is 0 Å². The van der Waals surface area contributed by atoms with E-state index in [4.69, 9.17) is 16.3 Å². The van der Waals surface area contributed by atoms with Crippen LogP contribution in [0.25, 0.3) is 0 Å². The first-order valence-electron chi connectivity index (χ1n) is 6.47. The third-order valence-electron chi connectivity index (χ3n) is 2.98. The van der Waals surface area contributed by atoms with Crippen LogP contribution in [0.1, 0.15) is 5.56 Å². The summed E-state index contributed by atoms with van der Waals surface area (Å²) < 4.78 is 6.14. The van der Waals surface area contributed by atoms with E-state index in [0.717, 1.165) is 10.2 Å². The SMILES string of the molecule is O=C1OC(c2ccc(Cl)cc2)=NC1C=Nc1ccc(Br)cc1. The van der Waals surface area contributed by atoms with Crippen LogP contribution in [0.4, 0.5) is 5.69 Å². The standard InChI is InChI=1S/C16H10BrClN2O2/c17-11-3-7-13(8-4-11)19-9-14-16(21)22-15(20-14)10-1-5-12(18)6-2-10/h1-9,14H. The summed E-state index contributed by atoms with van der Waals surface area (Å²) in [5.41, 5.74) is 1.45. The largest absolute Gasteiger partial charge is 0.405 e. The lowest BCUT2D eigenvalue weighted by molar-refractivity contribution is -0.133. The van der Waals surface area contributed by atoms with Crippen molar-refractivity contribution in [2.24, 2.45) is 9.98 Å². The van der Waals surface area contributed by atoms with Crippen molar-refractivity contribution in [1.82, 2.24) is 0 Å². The van der Waals surface area contributed by atoms with E-state index in [1.165, 1.54) is 6.21 Å². The van der Waals surface area contributed by atoms with Gasteiger partial charge < -0.3 is 4.74 Å². The number of esters is 1. The van der Waals surface area contributed by atoms with Crippen LogP contribution >= 0.6 is 27.5 Å². The highest BCUT2D eigenvalue weighted by Crippen LogP contribution is 2.18. The van der Waals surface area contributed by atoms with E-state index < -0.39 is 12.0 Å². The maximum Gasteiger partial charge on any atom is 0.343 e. The van der Waals surface area contributed by atoms with Gasteiger partial charge in [-0.2, -0.15) is 0 Å². The lowest BCUT2D eigenvalue weighted by atomic mass is 10.2. The molecule has 1 unspecified atom stereocenters. The Bertz CT molecular complexity index is 755. The van der Waals surface area contributed by atoms with Gasteiger partial charge in [-0.05, 0) is 48.5 Å². The highest BCUT2D eigenvalue weighted by Gasteiger charge is 2.28. The third-order valence-corrected chi connectivity index (χ3v) is 3.76. The maximum atomic E-state index is 11.8. The molecule has 22 heavy (non-hydrogen) atoms. The summed E-state index contributed by atoms with van der Waals surface area (Å²) in [4.78, 5) is 20.3. The van der Waals surface area contributed by atoms with Gasteiger partial charge in [-0.3, -0.25) is 4.99 Å². The number of carbonyl (C=O) groups excluding carboxylic acids is 1. The Hall–Kier alpha value is -1.98. The zero-order valence-electron chi connectivity index (χ0n) is 11.2. The molecule has 4 nitrogen and oxygen atoms in total. The van der Waals surface area contributed by atoms with Crippen LogP contribution in [0.3, 0.4) is 0 Å². The topological polar surface area (TPSA) is 51.0 Å². The van der Waals surface area contributed by atoms with Crippen LogP contribution < -0.4 is 0 Å². The van der Waals surface area contributed by atoms with E-state index in [9.17, 15) is 4.79 Å². The van der Waals surface area contributed by atoms with Crippen molar-refractivity contribution in [3.05, 3.63) is 63.6 Å². The van der Waals surface area contributed by atoms with Crippen molar-refractivity contribution in [2.75, 3.05) is 0 Å². The van der Waals surface area contributed by atoms with Crippen molar-refractivity contribution in [3.8, 4) is 0 Å². The average molecular weight is 378 g/mol. The van der Waals surface area contributed by atoms with Gasteiger partial charge in [0.2, 0.25) is 5.90 Å². The molecule has 1 aliphatic heterocycles. The van der Waals surface area contributed by atoms with Crippen molar-refractivity contribution in [2.45, 2.75) is 6.04 Å². The monoisotopic (exact) mass is 376 g/mol. The van der Waals surface area contributed by atoms with Gasteiger partial charge in [-0.1, -0.05) is 27.5 Å². The number of ether oxygens (including phenoxy) is 1. The van der Waals surface area contributed by atoms with Gasteiger partial charge in [0.1, 0.15) is 0 Å². The molecule has 0 saturated carbocycles. The number of rotatable bonds is 3. The van der Waals surface area contributed by atoms with E-state index in [2.05, 4.69) is 25.9 Å². The van der Waals surface area contributed by atoms with Crippen molar-refractivity contribution in [3.63, 3.8) is 0 Å². The highest BCUT2D eigenvalue weighted by atomic mass is 79.9. The molecule has 0 aliphatic carbocycles. The Morgan fingerprint density at radius 3 is 2.50 bits per heavy atom.